The van der Waals surface area contributed by atoms with Gasteiger partial charge in [0, 0.05) is 19.2 Å². The number of carbonyl (C=O) groups is 2. The number of amides is 3. The molecule has 0 aromatic carbocycles. The standard InChI is InChI=1S/C9H10N4O4S/c1-18(16,17)8-10-4-6(5-11-8)13-3-2-7(14)12-9(13)15/h4-5H,2-3H2,1H3,(H,12,14,15). The summed E-state index contributed by atoms with van der Waals surface area (Å²) in [6, 6.07) is -0.568. The summed E-state index contributed by atoms with van der Waals surface area (Å²) < 4.78 is 22.3. The Balaban J connectivity index is 2.25. The van der Waals surface area contributed by atoms with Crippen LogP contribution in [0.2, 0.25) is 0 Å². The van der Waals surface area contributed by atoms with Crippen molar-refractivity contribution in [2.45, 2.75) is 11.6 Å². The number of anilines is 1. The Hall–Kier alpha value is -2.03. The maximum Gasteiger partial charge on any atom is 0.328 e. The summed E-state index contributed by atoms with van der Waals surface area (Å²) in [4.78, 5) is 31.1. The van der Waals surface area contributed by atoms with Gasteiger partial charge in [-0.25, -0.2) is 23.2 Å². The molecule has 8 nitrogen and oxygen atoms in total. The minimum Gasteiger partial charge on any atom is -0.291 e. The Morgan fingerprint density at radius 2 is 1.89 bits per heavy atom. The van der Waals surface area contributed by atoms with Gasteiger partial charge in [-0.2, -0.15) is 0 Å². The smallest absolute Gasteiger partial charge is 0.291 e. The van der Waals surface area contributed by atoms with Gasteiger partial charge in [-0.3, -0.25) is 15.0 Å². The average Bonchev–Trinajstić information content (AvgIpc) is 2.28. The van der Waals surface area contributed by atoms with Crippen molar-refractivity contribution in [3.63, 3.8) is 0 Å². The van der Waals surface area contributed by atoms with Gasteiger partial charge in [-0.1, -0.05) is 0 Å². The van der Waals surface area contributed by atoms with Crippen molar-refractivity contribution < 1.29 is 18.0 Å². The van der Waals surface area contributed by atoms with Crippen LogP contribution in [-0.4, -0.2) is 43.1 Å². The van der Waals surface area contributed by atoms with Gasteiger partial charge in [0.15, 0.2) is 0 Å². The minimum absolute atomic E-state index is 0.180. The molecule has 0 unspecified atom stereocenters. The van der Waals surface area contributed by atoms with E-state index in [1.54, 1.807) is 0 Å². The molecule has 2 rings (SSSR count). The van der Waals surface area contributed by atoms with Crippen LogP contribution in [0.4, 0.5) is 10.5 Å². The summed E-state index contributed by atoms with van der Waals surface area (Å²) in [5, 5.41) is 1.84. The second-order valence-corrected chi connectivity index (χ2v) is 5.66. The molecule has 18 heavy (non-hydrogen) atoms. The molecule has 1 fully saturated rings. The lowest BCUT2D eigenvalue weighted by Crippen LogP contribution is -2.49. The summed E-state index contributed by atoms with van der Waals surface area (Å²) in [6.45, 7) is 0.215. The summed E-state index contributed by atoms with van der Waals surface area (Å²) in [7, 11) is -3.47. The second kappa shape index (κ2) is 4.33. The van der Waals surface area contributed by atoms with Crippen LogP contribution in [0.25, 0.3) is 0 Å². The molecule has 0 spiro atoms. The predicted octanol–water partition coefficient (Wildman–Crippen LogP) is -0.674. The van der Waals surface area contributed by atoms with E-state index in [4.69, 9.17) is 0 Å². The fourth-order valence-corrected chi connectivity index (χ4v) is 1.94. The third-order valence-corrected chi connectivity index (χ3v) is 3.19. The average molecular weight is 270 g/mol. The molecule has 0 radical (unpaired) electrons. The van der Waals surface area contributed by atoms with Crippen LogP contribution in [0.1, 0.15) is 6.42 Å². The predicted molar refractivity (Wildman–Crippen MR) is 60.6 cm³/mol. The minimum atomic E-state index is -3.47. The number of sulfone groups is 1. The molecule has 2 heterocycles. The molecule has 1 N–H and O–H groups in total. The van der Waals surface area contributed by atoms with Crippen molar-refractivity contribution in [2.75, 3.05) is 17.7 Å². The number of rotatable bonds is 2. The van der Waals surface area contributed by atoms with Gasteiger partial charge >= 0.3 is 6.03 Å². The Labute approximate surface area is 103 Å². The number of aromatic nitrogens is 2. The van der Waals surface area contributed by atoms with Gasteiger partial charge in [0.05, 0.1) is 18.1 Å². The Morgan fingerprint density at radius 3 is 2.39 bits per heavy atom. The highest BCUT2D eigenvalue weighted by Gasteiger charge is 2.25. The first-order valence-corrected chi connectivity index (χ1v) is 6.90. The molecule has 3 amide bonds. The Morgan fingerprint density at radius 1 is 1.28 bits per heavy atom. The van der Waals surface area contributed by atoms with E-state index in [1.165, 1.54) is 17.3 Å². The van der Waals surface area contributed by atoms with E-state index in [0.717, 1.165) is 6.26 Å². The Kier molecular flexibility index (Phi) is 2.99. The van der Waals surface area contributed by atoms with Gasteiger partial charge in [-0.15, -0.1) is 0 Å². The highest BCUT2D eigenvalue weighted by atomic mass is 32.2. The molecule has 9 heteroatoms. The number of urea groups is 1. The topological polar surface area (TPSA) is 109 Å². The van der Waals surface area contributed by atoms with Crippen LogP contribution in [0, 0.1) is 0 Å². The first-order valence-electron chi connectivity index (χ1n) is 5.01. The number of imide groups is 1. The molecule has 0 aliphatic carbocycles. The van der Waals surface area contributed by atoms with Crippen LogP contribution in [0.3, 0.4) is 0 Å². The van der Waals surface area contributed by atoms with E-state index < -0.39 is 15.9 Å². The van der Waals surface area contributed by atoms with Crippen molar-refractivity contribution in [1.29, 1.82) is 0 Å². The highest BCUT2D eigenvalue weighted by molar-refractivity contribution is 7.90. The third kappa shape index (κ3) is 2.45. The summed E-state index contributed by atoms with van der Waals surface area (Å²) in [5.41, 5.74) is 0.340. The maximum atomic E-state index is 11.5. The quantitative estimate of drug-likeness (QED) is 0.713. The van der Waals surface area contributed by atoms with Gasteiger partial charge in [0.25, 0.3) is 0 Å². The number of nitrogens with zero attached hydrogens (tertiary/aromatic N) is 3. The number of carbonyl (C=O) groups excluding carboxylic acids is 2. The van der Waals surface area contributed by atoms with Crippen molar-refractivity contribution in [3.8, 4) is 0 Å². The molecule has 0 saturated carbocycles. The first kappa shape index (κ1) is 12.4. The van der Waals surface area contributed by atoms with Crippen molar-refractivity contribution in [2.24, 2.45) is 0 Å². The zero-order valence-corrected chi connectivity index (χ0v) is 10.3. The lowest BCUT2D eigenvalue weighted by Gasteiger charge is -2.25. The van der Waals surface area contributed by atoms with Crippen LogP contribution in [0.15, 0.2) is 17.6 Å². The molecular formula is C9H10N4O4S. The van der Waals surface area contributed by atoms with Crippen LogP contribution < -0.4 is 10.2 Å². The molecule has 1 saturated heterocycles. The van der Waals surface area contributed by atoms with Crippen LogP contribution >= 0.6 is 0 Å². The maximum absolute atomic E-state index is 11.5. The highest BCUT2D eigenvalue weighted by Crippen LogP contribution is 2.15. The van der Waals surface area contributed by atoms with E-state index >= 15 is 0 Å². The summed E-state index contributed by atoms with van der Waals surface area (Å²) in [5.74, 6) is -0.343. The molecule has 1 aliphatic rings. The lowest BCUT2D eigenvalue weighted by molar-refractivity contribution is -0.120. The number of hydrogen-bond acceptors (Lipinski definition) is 6. The SMILES string of the molecule is CS(=O)(=O)c1ncc(N2CCC(=O)NC2=O)cn1. The van der Waals surface area contributed by atoms with E-state index in [-0.39, 0.29) is 24.0 Å². The van der Waals surface area contributed by atoms with Crippen LogP contribution in [-0.2, 0) is 14.6 Å². The zero-order valence-electron chi connectivity index (χ0n) is 9.45. The largest absolute Gasteiger partial charge is 0.328 e. The van der Waals surface area contributed by atoms with Crippen LogP contribution in [0.5, 0.6) is 0 Å². The van der Waals surface area contributed by atoms with Gasteiger partial charge < -0.3 is 0 Å². The van der Waals surface area contributed by atoms with Crippen molar-refractivity contribution in [1.82, 2.24) is 15.3 Å². The molecular weight excluding hydrogens is 260 g/mol. The van der Waals surface area contributed by atoms with E-state index in [1.807, 2.05) is 0 Å². The number of hydrogen-bond donors (Lipinski definition) is 1. The fourth-order valence-electron chi connectivity index (χ4n) is 1.45. The van der Waals surface area contributed by atoms with E-state index in [0.29, 0.717) is 5.69 Å². The Bertz CT molecular complexity index is 595. The van der Waals surface area contributed by atoms with Crippen molar-refractivity contribution >= 4 is 27.5 Å². The summed E-state index contributed by atoms with van der Waals surface area (Å²) >= 11 is 0. The first-order chi connectivity index (χ1) is 8.38. The lowest BCUT2D eigenvalue weighted by atomic mass is 10.3. The molecule has 96 valence electrons. The van der Waals surface area contributed by atoms with Gasteiger partial charge in [0.2, 0.25) is 20.9 Å². The van der Waals surface area contributed by atoms with E-state index in [9.17, 15) is 18.0 Å². The third-order valence-electron chi connectivity index (χ3n) is 2.31. The fraction of sp³-hybridized carbons (Fsp3) is 0.333. The molecule has 1 aromatic heterocycles. The van der Waals surface area contributed by atoms with Gasteiger partial charge in [-0.05, 0) is 0 Å². The molecule has 0 atom stereocenters. The second-order valence-electron chi connectivity index (χ2n) is 3.75. The van der Waals surface area contributed by atoms with Crippen molar-refractivity contribution in [3.05, 3.63) is 12.4 Å². The summed E-state index contributed by atoms with van der Waals surface area (Å²) in [6.07, 6.45) is 3.64. The monoisotopic (exact) mass is 270 g/mol. The van der Waals surface area contributed by atoms with Gasteiger partial charge in [0.1, 0.15) is 0 Å². The zero-order chi connectivity index (χ0) is 13.3. The normalized spacial score (nSPS) is 16.6. The van der Waals surface area contributed by atoms with E-state index in [2.05, 4.69) is 15.3 Å². The molecule has 0 bridgehead atoms. The number of nitrogens with one attached hydrogen (secondary N) is 1. The molecule has 1 aliphatic heterocycles. The molecule has 1 aromatic rings.